The molecule has 0 saturated heterocycles. The highest BCUT2D eigenvalue weighted by Gasteiger charge is 2.13. The number of nitrogens with zero attached hydrogens (tertiary/aromatic N) is 1. The molecule has 0 saturated carbocycles. The van der Waals surface area contributed by atoms with E-state index >= 15 is 0 Å². The van der Waals surface area contributed by atoms with Crippen LogP contribution in [-0.4, -0.2) is 37.3 Å². The van der Waals surface area contributed by atoms with Crippen molar-refractivity contribution < 1.29 is 9.84 Å². The Morgan fingerprint density at radius 1 is 1.16 bits per heavy atom. The van der Waals surface area contributed by atoms with Crippen molar-refractivity contribution in [1.82, 2.24) is 4.90 Å². The second kappa shape index (κ2) is 8.94. The zero-order valence-corrected chi connectivity index (χ0v) is 12.4. The summed E-state index contributed by atoms with van der Waals surface area (Å²) in [5.41, 5.74) is 1.22. The van der Waals surface area contributed by atoms with Crippen LogP contribution < -0.4 is 4.74 Å². The molecule has 3 heteroatoms. The number of hydrogen-bond donors (Lipinski definition) is 1. The summed E-state index contributed by atoms with van der Waals surface area (Å²) in [6.07, 6.45) is 4.30. The molecule has 1 atom stereocenters. The molecule has 0 spiro atoms. The highest BCUT2D eigenvalue weighted by molar-refractivity contribution is 5.29. The summed E-state index contributed by atoms with van der Waals surface area (Å²) in [6, 6.07) is 8.49. The molecule has 1 aromatic carbocycles. The van der Waals surface area contributed by atoms with Crippen molar-refractivity contribution in [2.45, 2.75) is 38.6 Å². The fourth-order valence-electron chi connectivity index (χ4n) is 2.17. The van der Waals surface area contributed by atoms with Crippen LogP contribution in [0.3, 0.4) is 0 Å². The van der Waals surface area contributed by atoms with Crippen molar-refractivity contribution in [3.8, 4) is 5.75 Å². The minimum Gasteiger partial charge on any atom is -0.494 e. The van der Waals surface area contributed by atoms with Crippen molar-refractivity contribution in [3.63, 3.8) is 0 Å². The molecule has 0 heterocycles. The van der Waals surface area contributed by atoms with E-state index in [9.17, 15) is 0 Å². The first-order valence-corrected chi connectivity index (χ1v) is 7.19. The molecule has 1 aromatic rings. The summed E-state index contributed by atoms with van der Waals surface area (Å²) >= 11 is 0. The van der Waals surface area contributed by atoms with Gasteiger partial charge in [-0.25, -0.2) is 0 Å². The predicted molar refractivity (Wildman–Crippen MR) is 79.6 cm³/mol. The van der Waals surface area contributed by atoms with Crippen molar-refractivity contribution in [1.29, 1.82) is 0 Å². The maximum Gasteiger partial charge on any atom is 0.119 e. The third-order valence-electron chi connectivity index (χ3n) is 3.31. The second-order valence-electron chi connectivity index (χ2n) is 5.12. The Hall–Kier alpha value is -1.06. The fourth-order valence-corrected chi connectivity index (χ4v) is 2.17. The zero-order valence-electron chi connectivity index (χ0n) is 12.4. The molecule has 0 aliphatic carbocycles. The van der Waals surface area contributed by atoms with Gasteiger partial charge in [0.25, 0.3) is 0 Å². The van der Waals surface area contributed by atoms with E-state index in [1.54, 1.807) is 0 Å². The van der Waals surface area contributed by atoms with E-state index in [2.05, 4.69) is 24.0 Å². The lowest BCUT2D eigenvalue weighted by Gasteiger charge is -2.24. The number of benzene rings is 1. The Bertz CT molecular complexity index is 335. The predicted octanol–water partition coefficient (Wildman–Crippen LogP) is 3.24. The first kappa shape index (κ1) is 16.0. The summed E-state index contributed by atoms with van der Waals surface area (Å²) in [7, 11) is 4.07. The van der Waals surface area contributed by atoms with Gasteiger partial charge < -0.3 is 14.7 Å². The number of aliphatic hydroxyl groups excluding tert-OH is 1. The van der Waals surface area contributed by atoms with Crippen LogP contribution in [0.25, 0.3) is 0 Å². The Kier molecular flexibility index (Phi) is 7.53. The van der Waals surface area contributed by atoms with Gasteiger partial charge in [0.15, 0.2) is 0 Å². The number of unbranched alkanes of at least 4 members (excludes halogenated alkanes) is 2. The van der Waals surface area contributed by atoms with E-state index in [1.165, 1.54) is 18.4 Å². The van der Waals surface area contributed by atoms with Crippen LogP contribution in [0.1, 0.15) is 44.2 Å². The highest BCUT2D eigenvalue weighted by Crippen LogP contribution is 2.24. The van der Waals surface area contributed by atoms with E-state index in [4.69, 9.17) is 9.84 Å². The molecule has 3 nitrogen and oxygen atoms in total. The molecular weight excluding hydrogens is 238 g/mol. The summed E-state index contributed by atoms with van der Waals surface area (Å²) in [5.74, 6) is 0.932. The van der Waals surface area contributed by atoms with Crippen molar-refractivity contribution >= 4 is 0 Å². The number of rotatable bonds is 9. The van der Waals surface area contributed by atoms with Crippen LogP contribution in [-0.2, 0) is 0 Å². The van der Waals surface area contributed by atoms with Gasteiger partial charge in [0.1, 0.15) is 5.75 Å². The molecule has 0 aromatic heterocycles. The Morgan fingerprint density at radius 3 is 2.37 bits per heavy atom. The molecule has 1 unspecified atom stereocenters. The quantitative estimate of drug-likeness (QED) is 0.696. The molecule has 0 radical (unpaired) electrons. The van der Waals surface area contributed by atoms with Gasteiger partial charge in [-0.05, 0) is 44.6 Å². The smallest absolute Gasteiger partial charge is 0.119 e. The van der Waals surface area contributed by atoms with Crippen LogP contribution in [0, 0.1) is 0 Å². The van der Waals surface area contributed by atoms with Gasteiger partial charge in [-0.1, -0.05) is 31.9 Å². The minimum absolute atomic E-state index is 0.206. The third kappa shape index (κ3) is 5.62. The molecule has 0 bridgehead atoms. The van der Waals surface area contributed by atoms with E-state index in [1.807, 2.05) is 26.2 Å². The van der Waals surface area contributed by atoms with E-state index in [0.717, 1.165) is 25.2 Å². The van der Waals surface area contributed by atoms with Gasteiger partial charge in [-0.3, -0.25) is 0 Å². The highest BCUT2D eigenvalue weighted by atomic mass is 16.5. The largest absolute Gasteiger partial charge is 0.494 e. The van der Waals surface area contributed by atoms with Crippen LogP contribution >= 0.6 is 0 Å². The van der Waals surface area contributed by atoms with Crippen molar-refractivity contribution in [2.24, 2.45) is 0 Å². The molecule has 0 aliphatic rings. The zero-order chi connectivity index (χ0) is 14.1. The van der Waals surface area contributed by atoms with Gasteiger partial charge >= 0.3 is 0 Å². The first-order chi connectivity index (χ1) is 9.19. The van der Waals surface area contributed by atoms with E-state index in [-0.39, 0.29) is 12.6 Å². The molecule has 0 fully saturated rings. The summed E-state index contributed by atoms with van der Waals surface area (Å²) in [5, 5.41) is 9.12. The van der Waals surface area contributed by atoms with E-state index in [0.29, 0.717) is 0 Å². The topological polar surface area (TPSA) is 32.7 Å². The number of ether oxygens (including phenoxy) is 1. The van der Waals surface area contributed by atoms with Gasteiger partial charge in [-0.15, -0.1) is 0 Å². The summed E-state index contributed by atoms with van der Waals surface area (Å²) < 4.78 is 5.70. The molecule has 0 amide bonds. The molecule has 108 valence electrons. The Balaban J connectivity index is 2.54. The van der Waals surface area contributed by atoms with Crippen molar-refractivity contribution in [3.05, 3.63) is 29.8 Å². The molecular formula is C16H27NO2. The van der Waals surface area contributed by atoms with Gasteiger partial charge in [-0.2, -0.15) is 0 Å². The lowest BCUT2D eigenvalue weighted by Crippen LogP contribution is -2.20. The van der Waals surface area contributed by atoms with E-state index < -0.39 is 0 Å². The van der Waals surface area contributed by atoms with Crippen LogP contribution in [0.15, 0.2) is 24.3 Å². The average molecular weight is 265 g/mol. The molecule has 0 aliphatic heterocycles. The van der Waals surface area contributed by atoms with Crippen LogP contribution in [0.5, 0.6) is 5.75 Å². The van der Waals surface area contributed by atoms with Crippen molar-refractivity contribution in [2.75, 3.05) is 27.3 Å². The summed E-state index contributed by atoms with van der Waals surface area (Å²) in [4.78, 5) is 2.13. The SMILES string of the molecule is CCCCCOc1ccc(C(CCO)N(C)C)cc1. The summed E-state index contributed by atoms with van der Waals surface area (Å²) in [6.45, 7) is 3.19. The lowest BCUT2D eigenvalue weighted by molar-refractivity contribution is 0.210. The monoisotopic (exact) mass is 265 g/mol. The second-order valence-corrected chi connectivity index (χ2v) is 5.12. The third-order valence-corrected chi connectivity index (χ3v) is 3.31. The first-order valence-electron chi connectivity index (χ1n) is 7.19. The Labute approximate surface area is 117 Å². The van der Waals surface area contributed by atoms with Gasteiger partial charge in [0.2, 0.25) is 0 Å². The lowest BCUT2D eigenvalue weighted by atomic mass is 10.0. The molecule has 1 N–H and O–H groups in total. The maximum atomic E-state index is 9.12. The molecule has 19 heavy (non-hydrogen) atoms. The molecule has 1 rings (SSSR count). The minimum atomic E-state index is 0.206. The maximum absolute atomic E-state index is 9.12. The van der Waals surface area contributed by atoms with Gasteiger partial charge in [0, 0.05) is 12.6 Å². The Morgan fingerprint density at radius 2 is 1.84 bits per heavy atom. The standard InChI is InChI=1S/C16H27NO2/c1-4-5-6-13-19-15-9-7-14(8-10-15)16(11-12-18)17(2)3/h7-10,16,18H,4-6,11-13H2,1-3H3. The fraction of sp³-hybridized carbons (Fsp3) is 0.625. The normalized spacial score (nSPS) is 12.7. The average Bonchev–Trinajstić information content (AvgIpc) is 2.41. The number of aliphatic hydroxyl groups is 1. The van der Waals surface area contributed by atoms with Crippen LogP contribution in [0.2, 0.25) is 0 Å². The van der Waals surface area contributed by atoms with Crippen LogP contribution in [0.4, 0.5) is 0 Å². The number of hydrogen-bond acceptors (Lipinski definition) is 3. The van der Waals surface area contributed by atoms with Gasteiger partial charge in [0.05, 0.1) is 6.61 Å².